The minimum absolute atomic E-state index is 0.656. The van der Waals surface area contributed by atoms with Gasteiger partial charge in [0.1, 0.15) is 0 Å². The Kier molecular flexibility index (Phi) is 8.46. The Morgan fingerprint density at radius 1 is 1.36 bits per heavy atom. The van der Waals surface area contributed by atoms with Crippen LogP contribution in [0, 0.1) is 12.8 Å². The molecular weight excluding hydrogens is 342 g/mol. The van der Waals surface area contributed by atoms with Gasteiger partial charge in [-0.1, -0.05) is 13.8 Å². The second-order valence-electron chi connectivity index (χ2n) is 5.73. The summed E-state index contributed by atoms with van der Waals surface area (Å²) >= 11 is 3.53. The fourth-order valence-corrected chi connectivity index (χ4v) is 2.39. The van der Waals surface area contributed by atoms with Gasteiger partial charge in [0.25, 0.3) is 0 Å². The maximum absolute atomic E-state index is 5.77. The third-order valence-corrected chi connectivity index (χ3v) is 4.01. The molecule has 0 saturated heterocycles. The average Bonchev–Trinajstić information content (AvgIpc) is 2.48. The van der Waals surface area contributed by atoms with E-state index in [4.69, 9.17) is 4.74 Å². The van der Waals surface area contributed by atoms with Crippen LogP contribution in [0.5, 0.6) is 5.88 Å². The van der Waals surface area contributed by atoms with E-state index in [9.17, 15) is 0 Å². The number of aliphatic imine (C=N–C) groups is 1. The Hall–Kier alpha value is -1.10. The molecule has 0 spiro atoms. The van der Waals surface area contributed by atoms with Crippen molar-refractivity contribution in [2.45, 2.75) is 47.5 Å². The highest BCUT2D eigenvalue weighted by Crippen LogP contribution is 2.29. The normalized spacial score (nSPS) is 11.4. The molecular formula is C17H28BrN3O. The minimum Gasteiger partial charge on any atom is -0.477 e. The van der Waals surface area contributed by atoms with Crippen molar-refractivity contribution in [3.8, 4) is 5.88 Å². The predicted octanol–water partition coefficient (Wildman–Crippen LogP) is 4.97. The van der Waals surface area contributed by atoms with E-state index in [0.717, 1.165) is 35.4 Å². The zero-order valence-electron chi connectivity index (χ0n) is 14.4. The maximum Gasteiger partial charge on any atom is 0.228 e. The predicted molar refractivity (Wildman–Crippen MR) is 97.3 cm³/mol. The SMILES string of the molecule is CCN(C=Nc1cc(Br)c(OCCCC(C)C)nc1C)CC. The molecule has 4 nitrogen and oxygen atoms in total. The highest BCUT2D eigenvalue weighted by molar-refractivity contribution is 9.10. The number of pyridine rings is 1. The molecule has 0 saturated carbocycles. The second kappa shape index (κ2) is 9.82. The zero-order chi connectivity index (χ0) is 16.5. The molecule has 124 valence electrons. The number of nitrogens with zero attached hydrogens (tertiary/aromatic N) is 3. The third-order valence-electron chi connectivity index (χ3n) is 3.44. The molecule has 5 heteroatoms. The molecule has 1 aromatic rings. The van der Waals surface area contributed by atoms with Crippen molar-refractivity contribution in [3.63, 3.8) is 0 Å². The summed E-state index contributed by atoms with van der Waals surface area (Å²) < 4.78 is 6.63. The molecule has 0 aliphatic carbocycles. The van der Waals surface area contributed by atoms with Crippen molar-refractivity contribution in [1.29, 1.82) is 0 Å². The highest BCUT2D eigenvalue weighted by Gasteiger charge is 2.08. The second-order valence-corrected chi connectivity index (χ2v) is 6.58. The third kappa shape index (κ3) is 6.34. The van der Waals surface area contributed by atoms with Gasteiger partial charge in [0.15, 0.2) is 0 Å². The minimum atomic E-state index is 0.656. The van der Waals surface area contributed by atoms with Gasteiger partial charge in [-0.25, -0.2) is 9.98 Å². The van der Waals surface area contributed by atoms with E-state index in [0.29, 0.717) is 18.4 Å². The molecule has 1 aromatic heterocycles. The molecule has 0 fully saturated rings. The van der Waals surface area contributed by atoms with Crippen molar-refractivity contribution in [2.75, 3.05) is 19.7 Å². The Labute approximate surface area is 143 Å². The lowest BCUT2D eigenvalue weighted by atomic mass is 10.1. The summed E-state index contributed by atoms with van der Waals surface area (Å²) in [7, 11) is 0. The number of aromatic nitrogens is 1. The van der Waals surface area contributed by atoms with E-state index in [1.165, 1.54) is 6.42 Å². The van der Waals surface area contributed by atoms with Crippen molar-refractivity contribution in [2.24, 2.45) is 10.9 Å². The standard InChI is InChI=1S/C17H28BrN3O/c1-6-21(7-2)12-19-16-11-15(18)17(20-14(16)5)22-10-8-9-13(3)4/h11-13H,6-10H2,1-5H3. The van der Waals surface area contributed by atoms with Gasteiger partial charge in [0, 0.05) is 13.1 Å². The van der Waals surface area contributed by atoms with Gasteiger partial charge in [-0.05, 0) is 61.5 Å². The monoisotopic (exact) mass is 369 g/mol. The Balaban J connectivity index is 2.71. The van der Waals surface area contributed by atoms with Crippen LogP contribution < -0.4 is 4.74 Å². The summed E-state index contributed by atoms with van der Waals surface area (Å²) in [5.41, 5.74) is 1.75. The Morgan fingerprint density at radius 3 is 2.64 bits per heavy atom. The zero-order valence-corrected chi connectivity index (χ0v) is 16.0. The molecule has 0 unspecified atom stereocenters. The lowest BCUT2D eigenvalue weighted by molar-refractivity contribution is 0.285. The van der Waals surface area contributed by atoms with Crippen LogP contribution in [0.3, 0.4) is 0 Å². The number of hydrogen-bond acceptors (Lipinski definition) is 3. The van der Waals surface area contributed by atoms with Crippen LogP contribution in [-0.4, -0.2) is 35.9 Å². The number of hydrogen-bond donors (Lipinski definition) is 0. The number of aryl methyl sites for hydroxylation is 1. The van der Waals surface area contributed by atoms with Crippen molar-refractivity contribution in [3.05, 3.63) is 16.2 Å². The molecule has 22 heavy (non-hydrogen) atoms. The molecule has 0 N–H and O–H groups in total. The number of ether oxygens (including phenoxy) is 1. The van der Waals surface area contributed by atoms with Gasteiger partial charge in [0.2, 0.25) is 5.88 Å². The lowest BCUT2D eigenvalue weighted by Crippen LogP contribution is -2.20. The van der Waals surface area contributed by atoms with Gasteiger partial charge in [-0.15, -0.1) is 0 Å². The van der Waals surface area contributed by atoms with E-state index in [1.54, 1.807) is 0 Å². The van der Waals surface area contributed by atoms with Crippen LogP contribution in [0.15, 0.2) is 15.5 Å². The first kappa shape index (κ1) is 18.9. The Morgan fingerprint density at radius 2 is 2.05 bits per heavy atom. The van der Waals surface area contributed by atoms with Crippen LogP contribution in [0.2, 0.25) is 0 Å². The fourth-order valence-electron chi connectivity index (χ4n) is 1.97. The summed E-state index contributed by atoms with van der Waals surface area (Å²) in [5.74, 6) is 1.36. The molecule has 0 atom stereocenters. The van der Waals surface area contributed by atoms with Crippen LogP contribution in [0.4, 0.5) is 5.69 Å². The molecule has 0 bridgehead atoms. The first-order valence-electron chi connectivity index (χ1n) is 8.06. The van der Waals surface area contributed by atoms with E-state index < -0.39 is 0 Å². The van der Waals surface area contributed by atoms with Crippen molar-refractivity contribution < 1.29 is 4.74 Å². The molecule has 1 rings (SSSR count). The molecule has 0 radical (unpaired) electrons. The van der Waals surface area contributed by atoms with E-state index in [-0.39, 0.29) is 0 Å². The first-order valence-corrected chi connectivity index (χ1v) is 8.85. The van der Waals surface area contributed by atoms with Gasteiger partial charge in [0.05, 0.1) is 28.8 Å². The largest absolute Gasteiger partial charge is 0.477 e. The van der Waals surface area contributed by atoms with Gasteiger partial charge >= 0.3 is 0 Å². The molecule has 0 aliphatic heterocycles. The maximum atomic E-state index is 5.77. The molecule has 0 aliphatic rings. The summed E-state index contributed by atoms with van der Waals surface area (Å²) in [6, 6.07) is 1.97. The average molecular weight is 370 g/mol. The van der Waals surface area contributed by atoms with Crippen LogP contribution in [0.25, 0.3) is 0 Å². The fraction of sp³-hybridized carbons (Fsp3) is 0.647. The van der Waals surface area contributed by atoms with Gasteiger partial charge < -0.3 is 9.64 Å². The molecule has 0 amide bonds. The quantitative estimate of drug-likeness (QED) is 0.350. The van der Waals surface area contributed by atoms with Crippen molar-refractivity contribution in [1.82, 2.24) is 9.88 Å². The summed E-state index contributed by atoms with van der Waals surface area (Å²) in [5, 5.41) is 0. The van der Waals surface area contributed by atoms with E-state index in [1.807, 2.05) is 19.3 Å². The van der Waals surface area contributed by atoms with E-state index in [2.05, 4.69) is 58.5 Å². The van der Waals surface area contributed by atoms with Gasteiger partial charge in [-0.2, -0.15) is 0 Å². The number of rotatable bonds is 9. The summed E-state index contributed by atoms with van der Waals surface area (Å²) in [6.45, 7) is 13.2. The molecule has 1 heterocycles. The van der Waals surface area contributed by atoms with Crippen LogP contribution in [-0.2, 0) is 0 Å². The van der Waals surface area contributed by atoms with Crippen molar-refractivity contribution >= 4 is 28.0 Å². The lowest BCUT2D eigenvalue weighted by Gasteiger charge is -2.14. The summed E-state index contributed by atoms with van der Waals surface area (Å²) in [4.78, 5) is 11.2. The van der Waals surface area contributed by atoms with E-state index >= 15 is 0 Å². The van der Waals surface area contributed by atoms with Crippen LogP contribution in [0.1, 0.15) is 46.2 Å². The smallest absolute Gasteiger partial charge is 0.228 e. The Bertz CT molecular complexity index is 485. The highest BCUT2D eigenvalue weighted by atomic mass is 79.9. The summed E-state index contributed by atoms with van der Waals surface area (Å²) in [6.07, 6.45) is 4.09. The van der Waals surface area contributed by atoms with Crippen LogP contribution >= 0.6 is 15.9 Å². The number of halogens is 1. The topological polar surface area (TPSA) is 37.7 Å². The first-order chi connectivity index (χ1) is 10.5. The van der Waals surface area contributed by atoms with Gasteiger partial charge in [-0.3, -0.25) is 0 Å². The molecule has 0 aromatic carbocycles.